The highest BCUT2D eigenvalue weighted by Gasteiger charge is 2.19. The topological polar surface area (TPSA) is 116 Å². The molecule has 0 saturated heterocycles. The van der Waals surface area contributed by atoms with E-state index in [1.165, 1.54) is 13.4 Å². The van der Waals surface area contributed by atoms with E-state index in [0.29, 0.717) is 34.7 Å². The van der Waals surface area contributed by atoms with Crippen LogP contribution in [-0.2, 0) is 0 Å². The van der Waals surface area contributed by atoms with Crippen LogP contribution in [0.1, 0.15) is 34.5 Å². The van der Waals surface area contributed by atoms with Crippen LogP contribution in [0.15, 0.2) is 55.1 Å². The maximum Gasteiger partial charge on any atom is 0.254 e. The molecule has 2 N–H and O–H groups in total. The second-order valence-electron chi connectivity index (χ2n) is 7.42. The number of benzene rings is 1. The van der Waals surface area contributed by atoms with E-state index in [-0.39, 0.29) is 25.0 Å². The highest BCUT2D eigenvalue weighted by atomic mass is 32.1. The van der Waals surface area contributed by atoms with Crippen LogP contribution in [-0.4, -0.2) is 39.4 Å². The van der Waals surface area contributed by atoms with Gasteiger partial charge < -0.3 is 10.6 Å². The summed E-state index contributed by atoms with van der Waals surface area (Å²) in [5, 5.41) is 15.1. The summed E-state index contributed by atoms with van der Waals surface area (Å²) in [6, 6.07) is 12.6. The van der Waals surface area contributed by atoms with Crippen LogP contribution in [0, 0.1) is 17.1 Å². The average molecular weight is 476 g/mol. The molecule has 0 spiro atoms. The Morgan fingerprint density at radius 2 is 1.97 bits per heavy atom. The maximum atomic E-state index is 14.3. The van der Waals surface area contributed by atoms with Gasteiger partial charge in [0.1, 0.15) is 23.9 Å². The summed E-state index contributed by atoms with van der Waals surface area (Å²) in [4.78, 5) is 29.1. The van der Waals surface area contributed by atoms with Crippen LogP contribution in [0.25, 0.3) is 22.2 Å². The Morgan fingerprint density at radius 3 is 2.68 bits per heavy atom. The van der Waals surface area contributed by atoms with Gasteiger partial charge in [0.15, 0.2) is 5.82 Å². The number of para-hydroxylation sites is 1. The van der Waals surface area contributed by atoms with Crippen molar-refractivity contribution in [2.75, 3.05) is 18.9 Å². The summed E-state index contributed by atoms with van der Waals surface area (Å²) in [5.41, 5.74) is 3.24. The summed E-state index contributed by atoms with van der Waals surface area (Å²) >= 11 is 0. The fraction of sp³-hybridized carbons (Fsp3) is 0.167. The molecule has 0 saturated carbocycles. The highest BCUT2D eigenvalue weighted by molar-refractivity contribution is 7.59. The van der Waals surface area contributed by atoms with Crippen molar-refractivity contribution in [2.45, 2.75) is 12.8 Å². The number of nitriles is 1. The van der Waals surface area contributed by atoms with Gasteiger partial charge in [-0.05, 0) is 17.7 Å². The Kier molecular flexibility index (Phi) is 7.71. The first-order chi connectivity index (χ1) is 16.0. The summed E-state index contributed by atoms with van der Waals surface area (Å²) in [6.07, 6.45) is 4.13. The van der Waals surface area contributed by atoms with E-state index in [4.69, 9.17) is 5.26 Å². The minimum absolute atomic E-state index is 0. The Hall–Kier alpha value is -4.10. The monoisotopic (exact) mass is 475 g/mol. The number of hydrogen-bond acceptors (Lipinski definition) is 7. The van der Waals surface area contributed by atoms with Crippen molar-refractivity contribution in [2.24, 2.45) is 0 Å². The van der Waals surface area contributed by atoms with Crippen LogP contribution in [0.5, 0.6) is 0 Å². The predicted molar refractivity (Wildman–Crippen MR) is 132 cm³/mol. The molecule has 4 aromatic rings. The lowest BCUT2D eigenvalue weighted by atomic mass is 9.96. The minimum atomic E-state index is -0.657. The van der Waals surface area contributed by atoms with Gasteiger partial charge >= 0.3 is 0 Å². The van der Waals surface area contributed by atoms with Crippen LogP contribution >= 0.6 is 13.5 Å². The minimum Gasteiger partial charge on any atom is -0.369 e. The number of fused-ring (bicyclic) bond motifs is 1. The molecular formula is C24H22FN7OS. The molecule has 4 rings (SSSR count). The first kappa shape index (κ1) is 24.5. The smallest absolute Gasteiger partial charge is 0.254 e. The number of nitrogens with zero attached hydrogens (tertiary/aromatic N) is 5. The molecule has 1 atom stereocenters. The van der Waals surface area contributed by atoms with Crippen molar-refractivity contribution >= 4 is 36.1 Å². The number of carbonyl (C=O) groups excluding carboxylic acids is 1. The fourth-order valence-electron chi connectivity index (χ4n) is 3.57. The van der Waals surface area contributed by atoms with Gasteiger partial charge in [-0.2, -0.15) is 18.8 Å². The number of rotatable bonds is 6. The van der Waals surface area contributed by atoms with Crippen LogP contribution in [0.3, 0.4) is 0 Å². The summed E-state index contributed by atoms with van der Waals surface area (Å²) in [6.45, 7) is 2.54. The summed E-state index contributed by atoms with van der Waals surface area (Å²) in [7, 11) is 1.47. The molecule has 172 valence electrons. The van der Waals surface area contributed by atoms with Crippen LogP contribution in [0.2, 0.25) is 0 Å². The molecule has 0 aliphatic heterocycles. The van der Waals surface area contributed by atoms with Crippen molar-refractivity contribution in [3.8, 4) is 17.3 Å². The van der Waals surface area contributed by atoms with Crippen molar-refractivity contribution < 1.29 is 9.18 Å². The van der Waals surface area contributed by atoms with Crippen molar-refractivity contribution in [3.63, 3.8) is 0 Å². The summed E-state index contributed by atoms with van der Waals surface area (Å²) in [5.74, 6) is -0.537. The molecule has 3 aromatic heterocycles. The lowest BCUT2D eigenvalue weighted by Crippen LogP contribution is -2.20. The molecule has 0 unspecified atom stereocenters. The third-order valence-electron chi connectivity index (χ3n) is 5.30. The van der Waals surface area contributed by atoms with E-state index in [2.05, 4.69) is 30.6 Å². The third-order valence-corrected chi connectivity index (χ3v) is 5.30. The van der Waals surface area contributed by atoms with Gasteiger partial charge in [-0.25, -0.2) is 19.3 Å². The molecule has 34 heavy (non-hydrogen) atoms. The van der Waals surface area contributed by atoms with E-state index >= 15 is 0 Å². The molecule has 0 aliphatic carbocycles. The zero-order valence-electron chi connectivity index (χ0n) is 18.5. The zero-order chi connectivity index (χ0) is 23.4. The van der Waals surface area contributed by atoms with E-state index in [9.17, 15) is 9.18 Å². The van der Waals surface area contributed by atoms with Gasteiger partial charge in [0, 0.05) is 42.7 Å². The fourth-order valence-corrected chi connectivity index (χ4v) is 3.57. The molecule has 0 bridgehead atoms. The Bertz CT molecular complexity index is 1370. The SMILES string of the molecule is CNC(=O)c1c(F)cnc2c([C@H](C)CNc3cc(-c4ccc(C#N)nc4)ncn3)cccc12.S. The molecule has 3 heterocycles. The van der Waals surface area contributed by atoms with Crippen LogP contribution < -0.4 is 10.6 Å². The third kappa shape index (κ3) is 4.94. The second kappa shape index (κ2) is 10.7. The molecular weight excluding hydrogens is 453 g/mol. The molecule has 0 aliphatic rings. The lowest BCUT2D eigenvalue weighted by Gasteiger charge is -2.17. The van der Waals surface area contributed by atoms with Gasteiger partial charge in [-0.3, -0.25) is 9.78 Å². The number of hydrogen-bond donors (Lipinski definition) is 2. The first-order valence-corrected chi connectivity index (χ1v) is 10.2. The molecule has 10 heteroatoms. The van der Waals surface area contributed by atoms with E-state index in [1.807, 2.05) is 19.1 Å². The molecule has 1 amide bonds. The van der Waals surface area contributed by atoms with Gasteiger partial charge in [0.25, 0.3) is 5.91 Å². The quantitative estimate of drug-likeness (QED) is 0.436. The van der Waals surface area contributed by atoms with Crippen molar-refractivity contribution in [1.29, 1.82) is 5.26 Å². The Morgan fingerprint density at radius 1 is 1.15 bits per heavy atom. The number of carbonyl (C=O) groups is 1. The Labute approximate surface area is 202 Å². The predicted octanol–water partition coefficient (Wildman–Crippen LogP) is 3.79. The standard InChI is InChI=1S/C24H20FN7O.H2S/c1-14(17-4-3-5-18-22(24(33)27-2)19(25)12-30-23(17)18)10-29-21-8-20(31-13-32-21)15-6-7-16(9-26)28-11-15;/h3-8,11-14H,10H2,1-2H3,(H,27,33)(H,29,31,32);1H2/t14-;/m1./s1. The molecule has 0 radical (unpaired) electrons. The summed E-state index contributed by atoms with van der Waals surface area (Å²) < 4.78 is 14.3. The number of anilines is 1. The number of halogens is 1. The van der Waals surface area contributed by atoms with Gasteiger partial charge in [-0.1, -0.05) is 25.1 Å². The zero-order valence-corrected chi connectivity index (χ0v) is 19.5. The van der Waals surface area contributed by atoms with Crippen molar-refractivity contribution in [1.82, 2.24) is 25.3 Å². The first-order valence-electron chi connectivity index (χ1n) is 10.2. The van der Waals surface area contributed by atoms with Crippen molar-refractivity contribution in [3.05, 3.63) is 77.8 Å². The largest absolute Gasteiger partial charge is 0.369 e. The second-order valence-corrected chi connectivity index (χ2v) is 7.42. The molecule has 8 nitrogen and oxygen atoms in total. The number of aromatic nitrogens is 4. The Balaban J connectivity index is 0.00000324. The molecule has 0 fully saturated rings. The van der Waals surface area contributed by atoms with Gasteiger partial charge in [0.2, 0.25) is 0 Å². The average Bonchev–Trinajstić information content (AvgIpc) is 2.86. The van der Waals surface area contributed by atoms with E-state index < -0.39 is 11.7 Å². The molecule has 1 aromatic carbocycles. The number of pyridine rings is 2. The van der Waals surface area contributed by atoms with Gasteiger partial charge in [0.05, 0.1) is 23.0 Å². The van der Waals surface area contributed by atoms with Gasteiger partial charge in [-0.15, -0.1) is 0 Å². The number of amides is 1. The number of nitrogens with one attached hydrogen (secondary N) is 2. The lowest BCUT2D eigenvalue weighted by molar-refractivity contribution is 0.0960. The normalized spacial score (nSPS) is 11.2. The maximum absolute atomic E-state index is 14.3. The van der Waals surface area contributed by atoms with E-state index in [0.717, 1.165) is 17.3 Å². The van der Waals surface area contributed by atoms with E-state index in [1.54, 1.807) is 36.5 Å². The van der Waals surface area contributed by atoms with Crippen LogP contribution in [0.4, 0.5) is 10.2 Å². The highest BCUT2D eigenvalue weighted by Crippen LogP contribution is 2.28.